The summed E-state index contributed by atoms with van der Waals surface area (Å²) in [6, 6.07) is 8.06. The van der Waals surface area contributed by atoms with Crippen molar-refractivity contribution in [1.82, 2.24) is 15.2 Å². The van der Waals surface area contributed by atoms with Crippen molar-refractivity contribution in [2.45, 2.75) is 37.5 Å². The first-order chi connectivity index (χ1) is 12.2. The van der Waals surface area contributed by atoms with Crippen molar-refractivity contribution in [3.05, 3.63) is 52.5 Å². The van der Waals surface area contributed by atoms with Crippen molar-refractivity contribution in [3.63, 3.8) is 0 Å². The fourth-order valence-corrected chi connectivity index (χ4v) is 4.63. The highest BCUT2D eigenvalue weighted by Crippen LogP contribution is 2.35. The molecule has 0 saturated carbocycles. The van der Waals surface area contributed by atoms with Gasteiger partial charge in [0.25, 0.3) is 5.91 Å². The van der Waals surface area contributed by atoms with Gasteiger partial charge in [-0.15, -0.1) is 11.3 Å². The second-order valence-electron chi connectivity index (χ2n) is 6.98. The third kappa shape index (κ3) is 3.92. The number of likely N-dealkylation sites (tertiary alicyclic amines) is 1. The van der Waals surface area contributed by atoms with Crippen LogP contribution in [0.1, 0.15) is 34.5 Å². The topological polar surface area (TPSA) is 54.5 Å². The first kappa shape index (κ1) is 16.7. The number of ether oxygens (including phenoxy) is 1. The maximum absolute atomic E-state index is 12.4. The summed E-state index contributed by atoms with van der Waals surface area (Å²) in [6.07, 6.45) is 6.10. The van der Waals surface area contributed by atoms with Crippen LogP contribution in [0.25, 0.3) is 0 Å². The van der Waals surface area contributed by atoms with Crippen molar-refractivity contribution < 1.29 is 9.53 Å². The number of carbonyl (C=O) groups excluding carboxylic acids is 1. The van der Waals surface area contributed by atoms with Gasteiger partial charge in [-0.1, -0.05) is 6.07 Å². The summed E-state index contributed by atoms with van der Waals surface area (Å²) in [6.45, 7) is 3.71. The van der Waals surface area contributed by atoms with E-state index in [0.29, 0.717) is 12.2 Å². The number of pyridine rings is 1. The average molecular weight is 357 g/mol. The summed E-state index contributed by atoms with van der Waals surface area (Å²) < 4.78 is 6.19. The smallest absolute Gasteiger partial charge is 0.253 e. The highest BCUT2D eigenvalue weighted by molar-refractivity contribution is 7.09. The van der Waals surface area contributed by atoms with Crippen molar-refractivity contribution in [2.75, 3.05) is 19.7 Å². The Morgan fingerprint density at radius 3 is 3.20 bits per heavy atom. The second-order valence-corrected chi connectivity index (χ2v) is 8.01. The molecule has 25 heavy (non-hydrogen) atoms. The molecule has 2 aliphatic rings. The molecule has 0 unspecified atom stereocenters. The van der Waals surface area contributed by atoms with E-state index in [1.165, 1.54) is 4.88 Å². The lowest BCUT2D eigenvalue weighted by atomic mass is 9.89. The SMILES string of the molecule is O=C(N[C@H]1CCO[C@]2(CCN(Cc3cccs3)C2)C1)c1cccnc1. The first-order valence-corrected chi connectivity index (χ1v) is 9.70. The standard InChI is InChI=1S/C19H23N3O2S/c23-18(15-3-1-7-20-12-15)21-16-5-9-24-19(11-16)6-8-22(14-19)13-17-4-2-10-25-17/h1-4,7,10,12,16H,5-6,8-9,11,13-14H2,(H,21,23)/t16-,19+/m0/s1. The van der Waals surface area contributed by atoms with E-state index in [9.17, 15) is 4.79 Å². The predicted molar refractivity (Wildman–Crippen MR) is 97.6 cm³/mol. The number of nitrogens with zero attached hydrogens (tertiary/aromatic N) is 2. The molecule has 4 heterocycles. The van der Waals surface area contributed by atoms with Crippen molar-refractivity contribution >= 4 is 17.2 Å². The van der Waals surface area contributed by atoms with Gasteiger partial charge in [0.15, 0.2) is 0 Å². The molecular formula is C19H23N3O2S. The molecule has 1 spiro atoms. The highest BCUT2D eigenvalue weighted by Gasteiger charge is 2.43. The number of hydrogen-bond donors (Lipinski definition) is 1. The van der Waals surface area contributed by atoms with Gasteiger partial charge in [0, 0.05) is 49.6 Å². The van der Waals surface area contributed by atoms with Crippen LogP contribution < -0.4 is 5.32 Å². The maximum Gasteiger partial charge on any atom is 0.253 e. The Kier molecular flexibility index (Phi) is 4.83. The molecule has 0 aromatic carbocycles. The molecule has 2 aromatic rings. The third-order valence-corrected chi connectivity index (χ3v) is 5.97. The molecule has 2 saturated heterocycles. The Hall–Kier alpha value is -1.76. The molecule has 4 rings (SSSR count). The zero-order valence-corrected chi connectivity index (χ0v) is 15.0. The summed E-state index contributed by atoms with van der Waals surface area (Å²) in [5.41, 5.74) is 0.511. The van der Waals surface area contributed by atoms with Crippen molar-refractivity contribution in [2.24, 2.45) is 0 Å². The number of rotatable bonds is 4. The molecule has 0 bridgehead atoms. The summed E-state index contributed by atoms with van der Waals surface area (Å²) in [7, 11) is 0. The van der Waals surface area contributed by atoms with Crippen LogP contribution in [0.3, 0.4) is 0 Å². The van der Waals surface area contributed by atoms with E-state index in [-0.39, 0.29) is 17.6 Å². The lowest BCUT2D eigenvalue weighted by molar-refractivity contribution is -0.0792. The molecule has 5 nitrogen and oxygen atoms in total. The second kappa shape index (κ2) is 7.23. The van der Waals surface area contributed by atoms with Crippen molar-refractivity contribution in [1.29, 1.82) is 0 Å². The number of amides is 1. The molecule has 6 heteroatoms. The molecule has 1 N–H and O–H groups in total. The Balaban J connectivity index is 1.35. The minimum Gasteiger partial charge on any atom is -0.373 e. The van der Waals surface area contributed by atoms with Crippen LogP contribution in [0.5, 0.6) is 0 Å². The molecule has 132 valence electrons. The van der Waals surface area contributed by atoms with Gasteiger partial charge in [-0.2, -0.15) is 0 Å². The minimum absolute atomic E-state index is 0.0383. The molecule has 0 radical (unpaired) electrons. The molecule has 2 aromatic heterocycles. The van der Waals surface area contributed by atoms with Gasteiger partial charge in [-0.25, -0.2) is 0 Å². The van der Waals surface area contributed by atoms with E-state index in [1.54, 1.807) is 35.9 Å². The Labute approximate surface area is 152 Å². The number of nitrogens with one attached hydrogen (secondary N) is 1. The Morgan fingerprint density at radius 1 is 1.44 bits per heavy atom. The van der Waals surface area contributed by atoms with E-state index >= 15 is 0 Å². The van der Waals surface area contributed by atoms with Crippen LogP contribution in [-0.2, 0) is 11.3 Å². The van der Waals surface area contributed by atoms with Gasteiger partial charge in [-0.05, 0) is 42.8 Å². The van der Waals surface area contributed by atoms with Gasteiger partial charge in [-0.3, -0.25) is 14.7 Å². The van der Waals surface area contributed by atoms with Gasteiger partial charge >= 0.3 is 0 Å². The summed E-state index contributed by atoms with van der Waals surface area (Å²) >= 11 is 1.81. The van der Waals surface area contributed by atoms with Gasteiger partial charge < -0.3 is 10.1 Å². The van der Waals surface area contributed by atoms with Crippen LogP contribution in [0.2, 0.25) is 0 Å². The number of carbonyl (C=O) groups is 1. The van der Waals surface area contributed by atoms with Crippen LogP contribution in [0.4, 0.5) is 0 Å². The lowest BCUT2D eigenvalue weighted by Gasteiger charge is -2.38. The number of hydrogen-bond acceptors (Lipinski definition) is 5. The van der Waals surface area contributed by atoms with E-state index < -0.39 is 0 Å². The van der Waals surface area contributed by atoms with Gasteiger partial charge in [0.05, 0.1) is 11.2 Å². The maximum atomic E-state index is 12.4. The summed E-state index contributed by atoms with van der Waals surface area (Å²) in [5.74, 6) is -0.0383. The van der Waals surface area contributed by atoms with Crippen molar-refractivity contribution in [3.8, 4) is 0 Å². The zero-order valence-electron chi connectivity index (χ0n) is 14.2. The molecule has 0 aliphatic carbocycles. The van der Waals surface area contributed by atoms with E-state index in [0.717, 1.165) is 38.9 Å². The summed E-state index contributed by atoms with van der Waals surface area (Å²) in [5, 5.41) is 5.30. The van der Waals surface area contributed by atoms with E-state index in [2.05, 4.69) is 32.7 Å². The normalized spacial score (nSPS) is 26.8. The highest BCUT2D eigenvalue weighted by atomic mass is 32.1. The molecule has 2 atom stereocenters. The molecule has 2 aliphatic heterocycles. The van der Waals surface area contributed by atoms with Gasteiger partial charge in [0.2, 0.25) is 0 Å². The van der Waals surface area contributed by atoms with E-state index in [1.807, 2.05) is 0 Å². The molecule has 1 amide bonds. The predicted octanol–water partition coefficient (Wildman–Crippen LogP) is 2.70. The Bertz CT molecular complexity index is 707. The Morgan fingerprint density at radius 2 is 2.40 bits per heavy atom. The lowest BCUT2D eigenvalue weighted by Crippen LogP contribution is -2.49. The third-order valence-electron chi connectivity index (χ3n) is 5.11. The van der Waals surface area contributed by atoms with Crippen LogP contribution in [0, 0.1) is 0 Å². The fraction of sp³-hybridized carbons (Fsp3) is 0.474. The van der Waals surface area contributed by atoms with Gasteiger partial charge in [0.1, 0.15) is 0 Å². The van der Waals surface area contributed by atoms with Crippen LogP contribution in [0.15, 0.2) is 42.0 Å². The van der Waals surface area contributed by atoms with Crippen LogP contribution in [-0.4, -0.2) is 47.1 Å². The quantitative estimate of drug-likeness (QED) is 0.914. The largest absolute Gasteiger partial charge is 0.373 e. The fourth-order valence-electron chi connectivity index (χ4n) is 3.89. The zero-order chi connectivity index (χ0) is 17.1. The molecular weight excluding hydrogens is 334 g/mol. The average Bonchev–Trinajstić information content (AvgIpc) is 3.27. The first-order valence-electron chi connectivity index (χ1n) is 8.82. The number of aromatic nitrogens is 1. The van der Waals surface area contributed by atoms with E-state index in [4.69, 9.17) is 4.74 Å². The number of thiophene rings is 1. The van der Waals surface area contributed by atoms with Crippen LogP contribution >= 0.6 is 11.3 Å². The minimum atomic E-state index is -0.109. The monoisotopic (exact) mass is 357 g/mol. The molecule has 2 fully saturated rings. The summed E-state index contributed by atoms with van der Waals surface area (Å²) in [4.78, 5) is 20.3.